The van der Waals surface area contributed by atoms with Gasteiger partial charge in [0.1, 0.15) is 0 Å². The molecule has 1 saturated heterocycles. The SMILES string of the molecule is Cc1ccc(C)c(CC(Cl)C2CCOCC2)c1. The number of aryl methyl sites for hydroxylation is 2. The first-order valence-electron chi connectivity index (χ1n) is 6.45. The number of hydrogen-bond donors (Lipinski definition) is 0. The van der Waals surface area contributed by atoms with Crippen molar-refractivity contribution in [1.29, 1.82) is 0 Å². The summed E-state index contributed by atoms with van der Waals surface area (Å²) in [5.41, 5.74) is 4.08. The third-order valence-electron chi connectivity index (χ3n) is 3.70. The topological polar surface area (TPSA) is 9.23 Å². The lowest BCUT2D eigenvalue weighted by atomic mass is 9.90. The molecule has 1 aliphatic rings. The third-order valence-corrected chi connectivity index (χ3v) is 4.21. The van der Waals surface area contributed by atoms with Crippen molar-refractivity contribution in [1.82, 2.24) is 0 Å². The summed E-state index contributed by atoms with van der Waals surface area (Å²) in [6.45, 7) is 6.06. The van der Waals surface area contributed by atoms with Gasteiger partial charge in [0.05, 0.1) is 0 Å². The summed E-state index contributed by atoms with van der Waals surface area (Å²) >= 11 is 6.56. The number of rotatable bonds is 3. The molecule has 1 nitrogen and oxygen atoms in total. The van der Waals surface area contributed by atoms with Crippen molar-refractivity contribution in [2.45, 2.75) is 38.5 Å². The van der Waals surface area contributed by atoms with E-state index in [-0.39, 0.29) is 5.38 Å². The van der Waals surface area contributed by atoms with E-state index in [4.69, 9.17) is 16.3 Å². The Morgan fingerprint density at radius 1 is 1.29 bits per heavy atom. The van der Waals surface area contributed by atoms with E-state index in [1.807, 2.05) is 0 Å². The molecule has 1 unspecified atom stereocenters. The second kappa shape index (κ2) is 5.88. The first-order valence-corrected chi connectivity index (χ1v) is 6.88. The maximum atomic E-state index is 6.56. The summed E-state index contributed by atoms with van der Waals surface area (Å²) in [5, 5.41) is 0.249. The van der Waals surface area contributed by atoms with Crippen LogP contribution in [-0.4, -0.2) is 18.6 Å². The minimum atomic E-state index is 0.249. The average molecular weight is 253 g/mol. The zero-order chi connectivity index (χ0) is 12.3. The lowest BCUT2D eigenvalue weighted by Gasteiger charge is -2.26. The molecule has 0 amide bonds. The van der Waals surface area contributed by atoms with Crippen molar-refractivity contribution >= 4 is 11.6 Å². The van der Waals surface area contributed by atoms with Crippen LogP contribution < -0.4 is 0 Å². The number of benzene rings is 1. The summed E-state index contributed by atoms with van der Waals surface area (Å²) in [4.78, 5) is 0. The molecule has 0 aromatic heterocycles. The van der Waals surface area contributed by atoms with Crippen molar-refractivity contribution < 1.29 is 4.74 Å². The van der Waals surface area contributed by atoms with E-state index in [1.165, 1.54) is 16.7 Å². The molecule has 1 heterocycles. The van der Waals surface area contributed by atoms with Gasteiger partial charge in [-0.3, -0.25) is 0 Å². The van der Waals surface area contributed by atoms with Crippen LogP contribution in [0.3, 0.4) is 0 Å². The van der Waals surface area contributed by atoms with Gasteiger partial charge in [-0.1, -0.05) is 23.8 Å². The van der Waals surface area contributed by atoms with E-state index in [9.17, 15) is 0 Å². The molecule has 0 N–H and O–H groups in total. The van der Waals surface area contributed by atoms with Gasteiger partial charge in [0.15, 0.2) is 0 Å². The highest BCUT2D eigenvalue weighted by atomic mass is 35.5. The third kappa shape index (κ3) is 3.46. The normalized spacial score (nSPS) is 19.2. The predicted octanol–water partition coefficient (Wildman–Crippen LogP) is 3.88. The number of alkyl halides is 1. The van der Waals surface area contributed by atoms with E-state index >= 15 is 0 Å². The fourth-order valence-corrected chi connectivity index (χ4v) is 2.89. The largest absolute Gasteiger partial charge is 0.381 e. The molecule has 1 fully saturated rings. The summed E-state index contributed by atoms with van der Waals surface area (Å²) in [7, 11) is 0. The Balaban J connectivity index is 2.01. The highest BCUT2D eigenvalue weighted by molar-refractivity contribution is 6.20. The van der Waals surface area contributed by atoms with Crippen molar-refractivity contribution in [3.05, 3.63) is 34.9 Å². The second-order valence-electron chi connectivity index (χ2n) is 5.10. The molecule has 0 radical (unpaired) electrons. The maximum Gasteiger partial charge on any atom is 0.0469 e. The second-order valence-corrected chi connectivity index (χ2v) is 5.66. The quantitative estimate of drug-likeness (QED) is 0.742. The fraction of sp³-hybridized carbons (Fsp3) is 0.600. The highest BCUT2D eigenvalue weighted by Gasteiger charge is 2.22. The Morgan fingerprint density at radius 2 is 2.00 bits per heavy atom. The van der Waals surface area contributed by atoms with E-state index in [0.29, 0.717) is 5.92 Å². The Bertz CT molecular complexity index is 369. The first-order chi connectivity index (χ1) is 8.16. The summed E-state index contributed by atoms with van der Waals surface area (Å²) in [6.07, 6.45) is 3.21. The van der Waals surface area contributed by atoms with E-state index in [2.05, 4.69) is 32.0 Å². The molecule has 0 saturated carbocycles. The molecule has 17 heavy (non-hydrogen) atoms. The van der Waals surface area contributed by atoms with Crippen LogP contribution in [0, 0.1) is 19.8 Å². The van der Waals surface area contributed by atoms with Crippen LogP contribution in [0.25, 0.3) is 0 Å². The van der Waals surface area contributed by atoms with Gasteiger partial charge in [-0.2, -0.15) is 0 Å². The van der Waals surface area contributed by atoms with Gasteiger partial charge in [0.2, 0.25) is 0 Å². The molecular formula is C15H21ClO. The maximum absolute atomic E-state index is 6.56. The Kier molecular flexibility index (Phi) is 4.47. The molecule has 0 bridgehead atoms. The van der Waals surface area contributed by atoms with Gasteiger partial charge in [-0.25, -0.2) is 0 Å². The summed E-state index contributed by atoms with van der Waals surface area (Å²) in [6, 6.07) is 6.62. The van der Waals surface area contributed by atoms with E-state index < -0.39 is 0 Å². The lowest BCUT2D eigenvalue weighted by Crippen LogP contribution is -2.25. The molecule has 94 valence electrons. The molecule has 1 aromatic carbocycles. The molecule has 1 aliphatic heterocycles. The summed E-state index contributed by atoms with van der Waals surface area (Å²) < 4.78 is 5.38. The number of ether oxygens (including phenoxy) is 1. The Hall–Kier alpha value is -0.530. The van der Waals surface area contributed by atoms with Crippen molar-refractivity contribution in [3.8, 4) is 0 Å². The molecule has 2 rings (SSSR count). The van der Waals surface area contributed by atoms with Crippen LogP contribution in [0.5, 0.6) is 0 Å². The van der Waals surface area contributed by atoms with Crippen LogP contribution in [0.4, 0.5) is 0 Å². The minimum absolute atomic E-state index is 0.249. The first kappa shape index (κ1) is 12.9. The van der Waals surface area contributed by atoms with Gasteiger partial charge in [-0.15, -0.1) is 11.6 Å². The van der Waals surface area contributed by atoms with Crippen LogP contribution in [-0.2, 0) is 11.2 Å². The van der Waals surface area contributed by atoms with Gasteiger partial charge >= 0.3 is 0 Å². The van der Waals surface area contributed by atoms with Crippen molar-refractivity contribution in [2.75, 3.05) is 13.2 Å². The molecule has 2 heteroatoms. The zero-order valence-corrected chi connectivity index (χ0v) is 11.5. The predicted molar refractivity (Wildman–Crippen MR) is 72.8 cm³/mol. The minimum Gasteiger partial charge on any atom is -0.381 e. The van der Waals surface area contributed by atoms with Gasteiger partial charge in [0.25, 0.3) is 0 Å². The van der Waals surface area contributed by atoms with Gasteiger partial charge in [0, 0.05) is 18.6 Å². The lowest BCUT2D eigenvalue weighted by molar-refractivity contribution is 0.0651. The van der Waals surface area contributed by atoms with Crippen LogP contribution in [0.1, 0.15) is 29.5 Å². The van der Waals surface area contributed by atoms with Crippen LogP contribution in [0.15, 0.2) is 18.2 Å². The molecule has 1 aromatic rings. The molecular weight excluding hydrogens is 232 g/mol. The standard InChI is InChI=1S/C15H21ClO/c1-11-3-4-12(2)14(9-11)10-15(16)13-5-7-17-8-6-13/h3-4,9,13,15H,5-8,10H2,1-2H3. The molecule has 0 aliphatic carbocycles. The molecule has 1 atom stereocenters. The number of halogens is 1. The van der Waals surface area contributed by atoms with Gasteiger partial charge < -0.3 is 4.74 Å². The Labute approximate surface area is 109 Å². The summed E-state index contributed by atoms with van der Waals surface area (Å²) in [5.74, 6) is 0.616. The van der Waals surface area contributed by atoms with Crippen molar-refractivity contribution in [3.63, 3.8) is 0 Å². The van der Waals surface area contributed by atoms with Gasteiger partial charge in [-0.05, 0) is 50.2 Å². The fourth-order valence-electron chi connectivity index (χ4n) is 2.47. The highest BCUT2D eigenvalue weighted by Crippen LogP contribution is 2.26. The zero-order valence-electron chi connectivity index (χ0n) is 10.7. The molecule has 0 spiro atoms. The van der Waals surface area contributed by atoms with Crippen LogP contribution >= 0.6 is 11.6 Å². The van der Waals surface area contributed by atoms with Crippen LogP contribution in [0.2, 0.25) is 0 Å². The smallest absolute Gasteiger partial charge is 0.0469 e. The monoisotopic (exact) mass is 252 g/mol. The van der Waals surface area contributed by atoms with E-state index in [0.717, 1.165) is 32.5 Å². The number of hydrogen-bond acceptors (Lipinski definition) is 1. The van der Waals surface area contributed by atoms with Crippen molar-refractivity contribution in [2.24, 2.45) is 5.92 Å². The average Bonchev–Trinajstić information content (AvgIpc) is 2.35. The Morgan fingerprint density at radius 3 is 2.71 bits per heavy atom. The van der Waals surface area contributed by atoms with E-state index in [1.54, 1.807) is 0 Å².